The normalized spacial score (nSPS) is 12.8. The second-order valence-corrected chi connectivity index (χ2v) is 10.1. The molecule has 0 saturated carbocycles. The van der Waals surface area contributed by atoms with E-state index < -0.39 is 5.97 Å². The lowest BCUT2D eigenvalue weighted by molar-refractivity contribution is -0.688. The average molecular weight is 415 g/mol. The second-order valence-electron chi connectivity index (χ2n) is 10.1. The van der Waals surface area contributed by atoms with E-state index >= 15 is 0 Å². The molecule has 2 rings (SSSR count). The Balaban J connectivity index is 0.000000382. The fourth-order valence-electron chi connectivity index (χ4n) is 3.97. The van der Waals surface area contributed by atoms with Gasteiger partial charge < -0.3 is 9.90 Å². The van der Waals surface area contributed by atoms with Crippen molar-refractivity contribution in [3.63, 3.8) is 0 Å². The van der Waals surface area contributed by atoms with Crippen LogP contribution in [-0.2, 0) is 16.9 Å². The lowest BCUT2D eigenvalue weighted by atomic mass is 9.82. The number of aromatic nitrogens is 2. The summed E-state index contributed by atoms with van der Waals surface area (Å²) in [4.78, 5) is 10.3. The number of benzene rings is 1. The third-order valence-electron chi connectivity index (χ3n) is 5.29. The van der Waals surface area contributed by atoms with Crippen molar-refractivity contribution >= 4 is 5.97 Å². The largest absolute Gasteiger partial charge is 0.550 e. The van der Waals surface area contributed by atoms with Gasteiger partial charge in [-0.3, -0.25) is 0 Å². The van der Waals surface area contributed by atoms with E-state index in [1.165, 1.54) is 5.56 Å². The van der Waals surface area contributed by atoms with Crippen LogP contribution in [0, 0.1) is 11.3 Å². The van der Waals surface area contributed by atoms with E-state index in [9.17, 15) is 9.90 Å². The van der Waals surface area contributed by atoms with E-state index in [4.69, 9.17) is 0 Å². The quantitative estimate of drug-likeness (QED) is 0.545. The molecule has 0 radical (unpaired) electrons. The summed E-state index contributed by atoms with van der Waals surface area (Å²) in [6, 6.07) is 10.6. The van der Waals surface area contributed by atoms with E-state index in [1.807, 2.05) is 6.92 Å². The second kappa shape index (κ2) is 11.9. The molecule has 0 N–H and O–H groups in total. The molecule has 1 aromatic heterocycles. The predicted molar refractivity (Wildman–Crippen MR) is 122 cm³/mol. The number of aliphatic carboxylic acids is 1. The minimum absolute atomic E-state index is 0.139. The Bertz CT molecular complexity index is 742. The Kier molecular flexibility index (Phi) is 10.3. The van der Waals surface area contributed by atoms with Gasteiger partial charge in [-0.2, -0.15) is 0 Å². The molecule has 168 valence electrons. The van der Waals surface area contributed by atoms with Gasteiger partial charge in [-0.1, -0.05) is 77.8 Å². The number of carboxylic acid groups (broad SMARTS) is 1. The molecule has 0 aliphatic rings. The molecule has 0 saturated heterocycles. The van der Waals surface area contributed by atoms with Crippen LogP contribution in [0.25, 0.3) is 0 Å². The molecule has 0 fully saturated rings. The summed E-state index contributed by atoms with van der Waals surface area (Å²) >= 11 is 0. The number of imidazole rings is 1. The van der Waals surface area contributed by atoms with Crippen molar-refractivity contribution in [2.45, 2.75) is 92.7 Å². The zero-order valence-electron chi connectivity index (χ0n) is 20.1. The molecule has 1 unspecified atom stereocenters. The molecule has 2 aromatic rings. The molecular weight excluding hydrogens is 372 g/mol. The Morgan fingerprint density at radius 2 is 1.73 bits per heavy atom. The van der Waals surface area contributed by atoms with Gasteiger partial charge in [-0.05, 0) is 50.0 Å². The highest BCUT2D eigenvalue weighted by Crippen LogP contribution is 2.31. The number of hydrogen-bond donors (Lipinski definition) is 0. The molecule has 1 aromatic carbocycles. The summed E-state index contributed by atoms with van der Waals surface area (Å²) < 4.78 is 4.58. The molecule has 0 spiro atoms. The Morgan fingerprint density at radius 1 is 1.10 bits per heavy atom. The van der Waals surface area contributed by atoms with Gasteiger partial charge in [0.05, 0.1) is 0 Å². The standard InChI is InChI=1S/C18H27N2.C8H16O2/c1-17(2,3)14-18(4,5)20-12-11-19(15-20)13-16-9-7-6-8-10-16;1-3-5-6-7(4-2)8(9)10/h6-12,15H,13-14H2,1-5H3;7H,3-6H2,1-2H3,(H,9,10)/q+1;/p-1. The molecule has 4 nitrogen and oxygen atoms in total. The maximum absolute atomic E-state index is 10.3. The number of carbonyl (C=O) groups excluding carboxylic acids is 1. The molecule has 1 heterocycles. The minimum Gasteiger partial charge on any atom is -0.550 e. The highest BCUT2D eigenvalue weighted by atomic mass is 16.4. The van der Waals surface area contributed by atoms with E-state index in [0.29, 0.717) is 11.8 Å². The van der Waals surface area contributed by atoms with Crippen molar-refractivity contribution in [3.05, 3.63) is 54.6 Å². The molecule has 30 heavy (non-hydrogen) atoms. The summed E-state index contributed by atoms with van der Waals surface area (Å²) in [5, 5.41) is 10.3. The van der Waals surface area contributed by atoms with Gasteiger partial charge in [0.15, 0.2) is 0 Å². The maximum atomic E-state index is 10.3. The van der Waals surface area contributed by atoms with Crippen LogP contribution >= 0.6 is 0 Å². The van der Waals surface area contributed by atoms with E-state index in [1.54, 1.807) is 0 Å². The van der Waals surface area contributed by atoms with Crippen LogP contribution in [-0.4, -0.2) is 10.5 Å². The van der Waals surface area contributed by atoms with E-state index in [2.05, 4.69) is 99.7 Å². The smallest absolute Gasteiger partial charge is 0.244 e. The van der Waals surface area contributed by atoms with Crippen molar-refractivity contribution in [1.82, 2.24) is 4.57 Å². The molecule has 1 atom stereocenters. The molecule has 0 amide bonds. The predicted octanol–water partition coefficient (Wildman–Crippen LogP) is 4.95. The summed E-state index contributed by atoms with van der Waals surface area (Å²) in [5.74, 6) is -1.11. The Hall–Kier alpha value is -2.10. The van der Waals surface area contributed by atoms with Crippen LogP contribution in [0.2, 0.25) is 0 Å². The number of carboxylic acids is 1. The molecule has 4 heteroatoms. The maximum Gasteiger partial charge on any atom is 0.244 e. The fourth-order valence-corrected chi connectivity index (χ4v) is 3.97. The first-order valence-corrected chi connectivity index (χ1v) is 11.3. The van der Waals surface area contributed by atoms with Crippen LogP contribution < -0.4 is 9.67 Å². The van der Waals surface area contributed by atoms with Crippen molar-refractivity contribution in [2.75, 3.05) is 0 Å². The lowest BCUT2D eigenvalue weighted by Gasteiger charge is -2.29. The highest BCUT2D eigenvalue weighted by molar-refractivity contribution is 5.67. The van der Waals surface area contributed by atoms with Gasteiger partial charge in [0.2, 0.25) is 6.33 Å². The van der Waals surface area contributed by atoms with Gasteiger partial charge in [0.1, 0.15) is 24.5 Å². The zero-order valence-corrected chi connectivity index (χ0v) is 20.1. The first-order chi connectivity index (χ1) is 14.0. The number of nitrogens with zero attached hydrogens (tertiary/aromatic N) is 2. The first kappa shape index (κ1) is 25.9. The zero-order chi connectivity index (χ0) is 22.8. The number of unbranched alkanes of at least 4 members (excludes halogenated alkanes) is 1. The molecule has 0 bridgehead atoms. The van der Waals surface area contributed by atoms with Gasteiger partial charge in [-0.25, -0.2) is 9.13 Å². The summed E-state index contributed by atoms with van der Waals surface area (Å²) in [7, 11) is 0. The fraction of sp³-hybridized carbons (Fsp3) is 0.615. The van der Waals surface area contributed by atoms with Gasteiger partial charge in [0.25, 0.3) is 0 Å². The van der Waals surface area contributed by atoms with Crippen LogP contribution in [0.5, 0.6) is 0 Å². The number of hydrogen-bond acceptors (Lipinski definition) is 2. The minimum atomic E-state index is -0.893. The molecule has 0 aliphatic carbocycles. The van der Waals surface area contributed by atoms with Crippen LogP contribution in [0.4, 0.5) is 0 Å². The summed E-state index contributed by atoms with van der Waals surface area (Å²) in [6.07, 6.45) is 11.2. The van der Waals surface area contributed by atoms with Crippen molar-refractivity contribution in [1.29, 1.82) is 0 Å². The van der Waals surface area contributed by atoms with Crippen molar-refractivity contribution in [2.24, 2.45) is 11.3 Å². The monoisotopic (exact) mass is 414 g/mol. The van der Waals surface area contributed by atoms with Crippen LogP contribution in [0.3, 0.4) is 0 Å². The SMILES string of the molecule is CC(C)(C)CC(C)(C)n1cc[n+](Cc2ccccc2)c1.CCCCC(CC)C(=O)[O-]. The summed E-state index contributed by atoms with van der Waals surface area (Å²) in [5.41, 5.74) is 1.81. The third-order valence-corrected chi connectivity index (χ3v) is 5.29. The van der Waals surface area contributed by atoms with Crippen molar-refractivity contribution < 1.29 is 14.5 Å². The summed E-state index contributed by atoms with van der Waals surface area (Å²) in [6.45, 7) is 16.4. The van der Waals surface area contributed by atoms with Gasteiger partial charge >= 0.3 is 0 Å². The van der Waals surface area contributed by atoms with Gasteiger partial charge in [-0.15, -0.1) is 0 Å². The van der Waals surface area contributed by atoms with Crippen LogP contribution in [0.15, 0.2) is 49.1 Å². The van der Waals surface area contributed by atoms with E-state index in [0.717, 1.165) is 32.2 Å². The van der Waals surface area contributed by atoms with Crippen molar-refractivity contribution in [3.8, 4) is 0 Å². The van der Waals surface area contributed by atoms with Crippen LogP contribution in [0.1, 0.15) is 86.1 Å². The average Bonchev–Trinajstić information content (AvgIpc) is 3.11. The Morgan fingerprint density at radius 3 is 2.23 bits per heavy atom. The number of rotatable bonds is 9. The molecule has 0 aliphatic heterocycles. The Labute approximate surface area is 184 Å². The first-order valence-electron chi connectivity index (χ1n) is 11.3. The third kappa shape index (κ3) is 9.60. The van der Waals surface area contributed by atoms with E-state index in [-0.39, 0.29) is 11.5 Å². The topological polar surface area (TPSA) is 48.9 Å². The molecular formula is C26H42N2O2. The lowest BCUT2D eigenvalue weighted by Crippen LogP contribution is -2.35. The highest BCUT2D eigenvalue weighted by Gasteiger charge is 2.31. The number of carbonyl (C=O) groups is 1. The van der Waals surface area contributed by atoms with Gasteiger partial charge in [0, 0.05) is 5.97 Å².